The molecule has 2 unspecified atom stereocenters. The molecule has 1 aliphatic rings. The van der Waals surface area contributed by atoms with Crippen molar-refractivity contribution in [2.24, 2.45) is 0 Å². The molecule has 0 bridgehead atoms. The molecule has 0 aliphatic carbocycles. The largest absolute Gasteiger partial charge is 0.372 e. The first-order chi connectivity index (χ1) is 8.56. The van der Waals surface area contributed by atoms with Crippen LogP contribution in [0.2, 0.25) is 0 Å². The van der Waals surface area contributed by atoms with E-state index in [4.69, 9.17) is 0 Å². The fraction of sp³-hybridized carbons (Fsp3) is 0.846. The van der Waals surface area contributed by atoms with Gasteiger partial charge in [0.2, 0.25) is 5.91 Å². The van der Waals surface area contributed by atoms with Gasteiger partial charge >= 0.3 is 0 Å². The maximum absolute atomic E-state index is 11.7. The summed E-state index contributed by atoms with van der Waals surface area (Å²) in [6, 6.07) is 0. The predicted octanol–water partition coefficient (Wildman–Crippen LogP) is 1.81. The summed E-state index contributed by atoms with van der Waals surface area (Å²) in [7, 11) is 0. The maximum Gasteiger partial charge on any atom is 0.225 e. The van der Waals surface area contributed by atoms with E-state index in [9.17, 15) is 14.7 Å². The van der Waals surface area contributed by atoms with Gasteiger partial charge in [-0.15, -0.1) is 0 Å². The highest BCUT2D eigenvalue weighted by atomic mass is 32.2. The number of likely N-dealkylation sites (tertiary alicyclic amines) is 1. The second-order valence-corrected chi connectivity index (χ2v) is 6.23. The summed E-state index contributed by atoms with van der Waals surface area (Å²) in [5, 5.41) is 10.1. The van der Waals surface area contributed by atoms with Gasteiger partial charge in [0.15, 0.2) is 0 Å². The van der Waals surface area contributed by atoms with Crippen LogP contribution >= 0.6 is 11.8 Å². The number of amides is 1. The van der Waals surface area contributed by atoms with Crippen LogP contribution in [0.4, 0.5) is 0 Å². The number of ketones is 1. The SMILES string of the molecule is CCSC1CC(=O)N(CCCCCC(C)=O)C1O. The molecule has 2 atom stereocenters. The summed E-state index contributed by atoms with van der Waals surface area (Å²) in [6.07, 6.45) is 3.11. The number of thioether (sulfide) groups is 1. The van der Waals surface area contributed by atoms with E-state index in [1.54, 1.807) is 23.6 Å². The highest BCUT2D eigenvalue weighted by Crippen LogP contribution is 2.28. The highest BCUT2D eigenvalue weighted by molar-refractivity contribution is 7.99. The molecule has 0 aromatic rings. The normalized spacial score (nSPS) is 23.7. The molecular weight excluding hydrogens is 250 g/mol. The first-order valence-electron chi connectivity index (χ1n) is 6.64. The standard InChI is InChI=1S/C13H23NO3S/c1-3-18-11-9-12(16)14(13(11)17)8-6-4-5-7-10(2)15/h11,13,17H,3-9H2,1-2H3. The minimum atomic E-state index is -0.629. The average Bonchev–Trinajstić information content (AvgIpc) is 2.56. The number of nitrogens with zero attached hydrogens (tertiary/aromatic N) is 1. The third kappa shape index (κ3) is 4.61. The van der Waals surface area contributed by atoms with E-state index in [1.807, 2.05) is 6.92 Å². The van der Waals surface area contributed by atoms with Crippen LogP contribution in [0.5, 0.6) is 0 Å². The van der Waals surface area contributed by atoms with Crippen molar-refractivity contribution in [1.29, 1.82) is 0 Å². The number of aliphatic hydroxyl groups is 1. The number of hydrogen-bond acceptors (Lipinski definition) is 4. The summed E-state index contributed by atoms with van der Waals surface area (Å²) in [6.45, 7) is 4.24. The lowest BCUT2D eigenvalue weighted by atomic mass is 10.1. The molecule has 1 heterocycles. The number of hydrogen-bond donors (Lipinski definition) is 1. The topological polar surface area (TPSA) is 57.6 Å². The fourth-order valence-corrected chi connectivity index (χ4v) is 3.20. The van der Waals surface area contributed by atoms with E-state index in [0.717, 1.165) is 25.0 Å². The molecule has 4 nitrogen and oxygen atoms in total. The van der Waals surface area contributed by atoms with Crippen LogP contribution in [0.3, 0.4) is 0 Å². The molecule has 1 N–H and O–H groups in total. The van der Waals surface area contributed by atoms with Crippen LogP contribution in [0.25, 0.3) is 0 Å². The molecule has 1 amide bonds. The highest BCUT2D eigenvalue weighted by Gasteiger charge is 2.37. The lowest BCUT2D eigenvalue weighted by Gasteiger charge is -2.23. The number of aliphatic hydroxyl groups excluding tert-OH is 1. The number of carbonyl (C=O) groups is 2. The summed E-state index contributed by atoms with van der Waals surface area (Å²) < 4.78 is 0. The van der Waals surface area contributed by atoms with Crippen molar-refractivity contribution < 1.29 is 14.7 Å². The Morgan fingerprint density at radius 1 is 1.44 bits per heavy atom. The fourth-order valence-electron chi connectivity index (χ4n) is 2.19. The second kappa shape index (κ2) is 7.79. The van der Waals surface area contributed by atoms with Crippen LogP contribution in [-0.2, 0) is 9.59 Å². The quantitative estimate of drug-likeness (QED) is 0.685. The van der Waals surface area contributed by atoms with Gasteiger partial charge in [-0.05, 0) is 25.5 Å². The molecule has 1 saturated heterocycles. The van der Waals surface area contributed by atoms with Gasteiger partial charge in [0.25, 0.3) is 0 Å². The Morgan fingerprint density at radius 2 is 2.17 bits per heavy atom. The van der Waals surface area contributed by atoms with Crippen molar-refractivity contribution in [3.05, 3.63) is 0 Å². The van der Waals surface area contributed by atoms with Gasteiger partial charge in [-0.25, -0.2) is 0 Å². The number of Topliss-reactive ketones (excluding diaryl/α,β-unsaturated/α-hetero) is 1. The number of rotatable bonds is 8. The molecule has 1 rings (SSSR count). The van der Waals surface area contributed by atoms with Crippen molar-refractivity contribution in [2.75, 3.05) is 12.3 Å². The van der Waals surface area contributed by atoms with Gasteiger partial charge in [0.05, 0.1) is 5.25 Å². The zero-order valence-electron chi connectivity index (χ0n) is 11.2. The van der Waals surface area contributed by atoms with Gasteiger partial charge in [-0.3, -0.25) is 4.79 Å². The number of carbonyl (C=O) groups excluding carboxylic acids is 2. The van der Waals surface area contributed by atoms with E-state index < -0.39 is 6.23 Å². The van der Waals surface area contributed by atoms with Crippen molar-refractivity contribution in [3.8, 4) is 0 Å². The molecule has 0 aromatic carbocycles. The molecule has 0 spiro atoms. The van der Waals surface area contributed by atoms with Gasteiger partial charge in [0.1, 0.15) is 12.0 Å². The van der Waals surface area contributed by atoms with Crippen molar-refractivity contribution in [2.45, 2.75) is 57.4 Å². The van der Waals surface area contributed by atoms with Crippen molar-refractivity contribution in [3.63, 3.8) is 0 Å². The van der Waals surface area contributed by atoms with Crippen LogP contribution in [0, 0.1) is 0 Å². The van der Waals surface area contributed by atoms with E-state index in [2.05, 4.69) is 0 Å². The summed E-state index contributed by atoms with van der Waals surface area (Å²) in [5.41, 5.74) is 0. The number of unbranched alkanes of at least 4 members (excludes halogenated alkanes) is 2. The predicted molar refractivity (Wildman–Crippen MR) is 73.4 cm³/mol. The first kappa shape index (κ1) is 15.5. The smallest absolute Gasteiger partial charge is 0.225 e. The Balaban J connectivity index is 2.25. The van der Waals surface area contributed by atoms with Crippen molar-refractivity contribution in [1.82, 2.24) is 4.90 Å². The van der Waals surface area contributed by atoms with Gasteiger partial charge in [0, 0.05) is 19.4 Å². The van der Waals surface area contributed by atoms with E-state index in [1.165, 1.54) is 0 Å². The molecule has 1 fully saturated rings. The first-order valence-corrected chi connectivity index (χ1v) is 7.69. The van der Waals surface area contributed by atoms with E-state index in [-0.39, 0.29) is 16.9 Å². The summed E-state index contributed by atoms with van der Waals surface area (Å²) in [5.74, 6) is 1.19. The Labute approximate surface area is 113 Å². The molecule has 5 heteroatoms. The van der Waals surface area contributed by atoms with Gasteiger partial charge in [-0.1, -0.05) is 13.3 Å². The lowest BCUT2D eigenvalue weighted by molar-refractivity contribution is -0.133. The van der Waals surface area contributed by atoms with E-state index in [0.29, 0.717) is 19.4 Å². The Hall–Kier alpha value is -0.550. The molecule has 0 saturated carbocycles. The molecular formula is C13H23NO3S. The second-order valence-electron chi connectivity index (χ2n) is 4.71. The van der Waals surface area contributed by atoms with Crippen molar-refractivity contribution >= 4 is 23.5 Å². The molecule has 104 valence electrons. The minimum Gasteiger partial charge on any atom is -0.372 e. The monoisotopic (exact) mass is 273 g/mol. The zero-order chi connectivity index (χ0) is 13.5. The van der Waals surface area contributed by atoms with Gasteiger partial charge < -0.3 is 14.8 Å². The molecule has 18 heavy (non-hydrogen) atoms. The zero-order valence-corrected chi connectivity index (χ0v) is 12.0. The summed E-state index contributed by atoms with van der Waals surface area (Å²) >= 11 is 1.64. The van der Waals surface area contributed by atoms with Crippen LogP contribution in [0.1, 0.15) is 46.0 Å². The van der Waals surface area contributed by atoms with Gasteiger partial charge in [-0.2, -0.15) is 11.8 Å². The third-order valence-electron chi connectivity index (χ3n) is 3.16. The maximum atomic E-state index is 11.7. The third-order valence-corrected chi connectivity index (χ3v) is 4.33. The van der Waals surface area contributed by atoms with E-state index >= 15 is 0 Å². The van der Waals surface area contributed by atoms with Crippen LogP contribution in [-0.4, -0.2) is 45.5 Å². The minimum absolute atomic E-state index is 0.0275. The Morgan fingerprint density at radius 3 is 2.78 bits per heavy atom. The lowest BCUT2D eigenvalue weighted by Crippen LogP contribution is -2.36. The Kier molecular flexibility index (Phi) is 6.71. The molecule has 0 aromatic heterocycles. The van der Waals surface area contributed by atoms with Crippen LogP contribution in [0.15, 0.2) is 0 Å². The summed E-state index contributed by atoms with van der Waals surface area (Å²) in [4.78, 5) is 24.1. The molecule has 1 aliphatic heterocycles. The Bertz CT molecular complexity index is 296. The molecule has 0 radical (unpaired) electrons. The average molecular weight is 273 g/mol. The van der Waals surface area contributed by atoms with Crippen LogP contribution < -0.4 is 0 Å².